The van der Waals surface area contributed by atoms with Gasteiger partial charge in [-0.05, 0) is 61.2 Å². The summed E-state index contributed by atoms with van der Waals surface area (Å²) in [4.78, 5) is 0. The Balaban J connectivity index is 1.79. The summed E-state index contributed by atoms with van der Waals surface area (Å²) in [6, 6.07) is 6.61. The summed E-state index contributed by atoms with van der Waals surface area (Å²) in [5.41, 5.74) is 6.15. The second-order valence-electron chi connectivity index (χ2n) is 8.66. The number of benzene rings is 1. The van der Waals surface area contributed by atoms with E-state index in [4.69, 9.17) is 4.74 Å². The number of rotatable bonds is 2. The quantitative estimate of drug-likeness (QED) is 0.628. The highest BCUT2D eigenvalue weighted by Gasteiger charge is 2.65. The summed E-state index contributed by atoms with van der Waals surface area (Å²) >= 11 is 0. The molecule has 1 nitrogen and oxygen atoms in total. The molecule has 0 unspecified atom stereocenters. The molecular weight excluding hydrogens is 280 g/mol. The molecule has 1 aliphatic heterocycles. The molecule has 2 saturated carbocycles. The van der Waals surface area contributed by atoms with Gasteiger partial charge in [0.05, 0.1) is 0 Å². The molecule has 1 aromatic carbocycles. The minimum Gasteiger partial charge on any atom is -0.485 e. The SMILES string of the molecule is CC(C)=CCc1cccc2c1O[C@@H]1C(=C2)[C@]2(C)CC[C@H]1C2(C)C. The van der Waals surface area contributed by atoms with Gasteiger partial charge in [0.1, 0.15) is 11.9 Å². The van der Waals surface area contributed by atoms with Gasteiger partial charge in [-0.3, -0.25) is 0 Å². The van der Waals surface area contributed by atoms with Crippen molar-refractivity contribution in [2.45, 2.75) is 60.0 Å². The van der Waals surface area contributed by atoms with Crippen molar-refractivity contribution in [3.8, 4) is 5.75 Å². The van der Waals surface area contributed by atoms with Crippen LogP contribution in [-0.2, 0) is 6.42 Å². The van der Waals surface area contributed by atoms with E-state index in [1.165, 1.54) is 29.5 Å². The molecule has 3 atom stereocenters. The van der Waals surface area contributed by atoms with Crippen molar-refractivity contribution in [1.29, 1.82) is 0 Å². The maximum atomic E-state index is 6.66. The molecule has 2 bridgehead atoms. The summed E-state index contributed by atoms with van der Waals surface area (Å²) in [5.74, 6) is 1.79. The predicted molar refractivity (Wildman–Crippen MR) is 96.6 cm³/mol. The molecule has 3 aliphatic rings. The van der Waals surface area contributed by atoms with Crippen LogP contribution in [0.3, 0.4) is 0 Å². The van der Waals surface area contributed by atoms with Crippen LogP contribution in [0.5, 0.6) is 5.75 Å². The molecule has 23 heavy (non-hydrogen) atoms. The third-order valence-electron chi connectivity index (χ3n) is 7.03. The van der Waals surface area contributed by atoms with Gasteiger partial charge in [-0.1, -0.05) is 50.6 Å². The standard InChI is InChI=1S/C22H28O/c1-14(2)9-10-15-7-6-8-16-13-18-20(23-19(15)16)17-11-12-22(18,5)21(17,3)4/h6-9,13,17,20H,10-12H2,1-5H3/t17-,20+,22+/m1/s1. The lowest BCUT2D eigenvalue weighted by Crippen LogP contribution is -2.31. The topological polar surface area (TPSA) is 9.23 Å². The second kappa shape index (κ2) is 4.75. The molecule has 0 N–H and O–H groups in total. The molecule has 1 aromatic rings. The molecule has 0 saturated heterocycles. The van der Waals surface area contributed by atoms with Gasteiger partial charge in [-0.25, -0.2) is 0 Å². The Morgan fingerprint density at radius 3 is 2.78 bits per heavy atom. The smallest absolute Gasteiger partial charge is 0.130 e. The van der Waals surface area contributed by atoms with E-state index in [0.717, 1.165) is 12.2 Å². The molecule has 0 spiro atoms. The molecule has 0 aromatic heterocycles. The van der Waals surface area contributed by atoms with Crippen LogP contribution in [0.25, 0.3) is 6.08 Å². The van der Waals surface area contributed by atoms with Gasteiger partial charge in [0.2, 0.25) is 0 Å². The summed E-state index contributed by atoms with van der Waals surface area (Å²) in [7, 11) is 0. The second-order valence-corrected chi connectivity index (χ2v) is 8.66. The third kappa shape index (κ3) is 1.92. The first kappa shape index (κ1) is 15.1. The Kier molecular flexibility index (Phi) is 3.11. The van der Waals surface area contributed by atoms with E-state index in [1.807, 2.05) is 0 Å². The first-order chi connectivity index (χ1) is 10.8. The van der Waals surface area contributed by atoms with E-state index >= 15 is 0 Å². The number of hydrogen-bond acceptors (Lipinski definition) is 1. The van der Waals surface area contributed by atoms with Gasteiger partial charge >= 0.3 is 0 Å². The zero-order valence-electron chi connectivity index (χ0n) is 15.1. The van der Waals surface area contributed by atoms with Crippen LogP contribution in [0, 0.1) is 16.7 Å². The van der Waals surface area contributed by atoms with Crippen LogP contribution in [0.4, 0.5) is 0 Å². The first-order valence-electron chi connectivity index (χ1n) is 8.98. The summed E-state index contributed by atoms with van der Waals surface area (Å²) in [6.45, 7) is 11.7. The minimum atomic E-state index is 0.295. The highest BCUT2D eigenvalue weighted by atomic mass is 16.5. The Morgan fingerprint density at radius 2 is 2.04 bits per heavy atom. The molecule has 0 amide bonds. The van der Waals surface area contributed by atoms with E-state index in [1.54, 1.807) is 5.57 Å². The largest absolute Gasteiger partial charge is 0.485 e. The lowest BCUT2D eigenvalue weighted by atomic mass is 9.69. The fraction of sp³-hybridized carbons (Fsp3) is 0.545. The van der Waals surface area contributed by atoms with Crippen LogP contribution < -0.4 is 4.74 Å². The van der Waals surface area contributed by atoms with Gasteiger partial charge < -0.3 is 4.74 Å². The summed E-state index contributed by atoms with van der Waals surface area (Å²) in [5, 5.41) is 0. The number of allylic oxidation sites excluding steroid dienone is 2. The summed E-state index contributed by atoms with van der Waals surface area (Å²) in [6.07, 6.45) is 8.62. The van der Waals surface area contributed by atoms with Gasteiger partial charge in [-0.15, -0.1) is 0 Å². The molecule has 122 valence electrons. The third-order valence-corrected chi connectivity index (χ3v) is 7.03. The number of para-hydroxylation sites is 1. The maximum Gasteiger partial charge on any atom is 0.130 e. The van der Waals surface area contributed by atoms with Crippen LogP contribution in [0.1, 0.15) is 58.6 Å². The zero-order valence-corrected chi connectivity index (χ0v) is 15.1. The molecule has 2 fully saturated rings. The zero-order chi connectivity index (χ0) is 16.4. The van der Waals surface area contributed by atoms with E-state index < -0.39 is 0 Å². The van der Waals surface area contributed by atoms with Gasteiger partial charge in [0, 0.05) is 11.5 Å². The Morgan fingerprint density at radius 1 is 1.26 bits per heavy atom. The predicted octanol–water partition coefficient (Wildman–Crippen LogP) is 5.80. The van der Waals surface area contributed by atoms with Crippen molar-refractivity contribution >= 4 is 6.08 Å². The average Bonchev–Trinajstić information content (AvgIpc) is 2.83. The Hall–Kier alpha value is -1.50. The normalized spacial score (nSPS) is 32.7. The van der Waals surface area contributed by atoms with Crippen LogP contribution >= 0.6 is 0 Å². The molecule has 1 heterocycles. The van der Waals surface area contributed by atoms with E-state index in [2.05, 4.69) is 65.0 Å². The van der Waals surface area contributed by atoms with Crippen LogP contribution in [0.2, 0.25) is 0 Å². The number of hydrogen-bond donors (Lipinski definition) is 0. The molecular formula is C22H28O. The fourth-order valence-electron chi connectivity index (χ4n) is 5.13. The lowest BCUT2D eigenvalue weighted by Gasteiger charge is -2.37. The van der Waals surface area contributed by atoms with Gasteiger partial charge in [0.15, 0.2) is 0 Å². The maximum absolute atomic E-state index is 6.66. The van der Waals surface area contributed by atoms with E-state index in [9.17, 15) is 0 Å². The van der Waals surface area contributed by atoms with Crippen molar-refractivity contribution < 1.29 is 4.74 Å². The molecule has 4 rings (SSSR count). The highest BCUT2D eigenvalue weighted by Crippen LogP contribution is 2.69. The highest BCUT2D eigenvalue weighted by molar-refractivity contribution is 5.68. The van der Waals surface area contributed by atoms with Crippen molar-refractivity contribution in [2.75, 3.05) is 0 Å². The fourth-order valence-corrected chi connectivity index (χ4v) is 5.13. The van der Waals surface area contributed by atoms with Crippen molar-refractivity contribution in [1.82, 2.24) is 0 Å². The average molecular weight is 308 g/mol. The monoisotopic (exact) mass is 308 g/mol. The van der Waals surface area contributed by atoms with Gasteiger partial charge in [0.25, 0.3) is 0 Å². The van der Waals surface area contributed by atoms with Crippen LogP contribution in [-0.4, -0.2) is 6.10 Å². The van der Waals surface area contributed by atoms with Crippen LogP contribution in [0.15, 0.2) is 35.4 Å². The lowest BCUT2D eigenvalue weighted by molar-refractivity contribution is 0.126. The van der Waals surface area contributed by atoms with Gasteiger partial charge in [-0.2, -0.15) is 0 Å². The van der Waals surface area contributed by atoms with E-state index in [-0.39, 0.29) is 0 Å². The first-order valence-corrected chi connectivity index (χ1v) is 8.98. The number of ether oxygens (including phenoxy) is 1. The Labute approximate surface area is 140 Å². The van der Waals surface area contributed by atoms with Crippen molar-refractivity contribution in [2.24, 2.45) is 16.7 Å². The molecule has 2 aliphatic carbocycles. The summed E-state index contributed by atoms with van der Waals surface area (Å²) < 4.78 is 6.66. The van der Waals surface area contributed by atoms with Crippen molar-refractivity contribution in [3.05, 3.63) is 46.5 Å². The molecule has 1 heteroatoms. The van der Waals surface area contributed by atoms with Crippen molar-refractivity contribution in [3.63, 3.8) is 0 Å². The Bertz CT molecular complexity index is 717. The molecule has 0 radical (unpaired) electrons. The minimum absolute atomic E-state index is 0.295. The number of fused-ring (bicyclic) bond motifs is 6. The van der Waals surface area contributed by atoms with E-state index in [0.29, 0.717) is 22.9 Å².